The molecule has 0 bridgehead atoms. The number of rotatable bonds is 5. The molecule has 0 radical (unpaired) electrons. The fourth-order valence-electron chi connectivity index (χ4n) is 3.56. The largest absolute Gasteiger partial charge is 0.324 e. The minimum absolute atomic E-state index is 0.0478. The van der Waals surface area contributed by atoms with Crippen molar-refractivity contribution in [1.82, 2.24) is 5.32 Å². The van der Waals surface area contributed by atoms with Gasteiger partial charge >= 0.3 is 0 Å². The van der Waals surface area contributed by atoms with Crippen LogP contribution >= 0.6 is 11.6 Å². The Balaban J connectivity index is 1.51. The molecule has 1 amide bonds. The van der Waals surface area contributed by atoms with E-state index in [2.05, 4.69) is 10.6 Å². The van der Waals surface area contributed by atoms with Gasteiger partial charge in [0.1, 0.15) is 0 Å². The van der Waals surface area contributed by atoms with Gasteiger partial charge in [0, 0.05) is 27.8 Å². The molecule has 1 atom stereocenters. The van der Waals surface area contributed by atoms with Gasteiger partial charge in [-0.25, -0.2) is 0 Å². The zero-order chi connectivity index (χ0) is 21.3. The first-order valence-corrected chi connectivity index (χ1v) is 9.93. The summed E-state index contributed by atoms with van der Waals surface area (Å²) in [5.41, 5.74) is 2.62. The number of anilines is 1. The van der Waals surface area contributed by atoms with Crippen molar-refractivity contribution < 1.29 is 14.4 Å². The predicted molar refractivity (Wildman–Crippen MR) is 116 cm³/mol. The molecule has 1 aliphatic rings. The maximum absolute atomic E-state index is 13.0. The molecule has 2 N–H and O–H groups in total. The van der Waals surface area contributed by atoms with Crippen molar-refractivity contribution in [2.75, 3.05) is 11.9 Å². The summed E-state index contributed by atoms with van der Waals surface area (Å²) in [6, 6.07) is 19.0. The number of ketones is 2. The minimum atomic E-state index is -0.302. The standard InChI is InChI=1S/C24H19ClN2O3/c1-14(15-9-11-16(25)12-10-15)26-13-21(28)27-20-8-4-7-19-22(20)24(30)18-6-3-2-5-17(18)23(19)29/h2-12,14,26H,13H2,1H3,(H,27,28)/t14-/m1/s1. The van der Waals surface area contributed by atoms with Crippen LogP contribution in [0.15, 0.2) is 66.7 Å². The number of carbonyl (C=O) groups is 3. The van der Waals surface area contributed by atoms with E-state index in [0.29, 0.717) is 27.4 Å². The van der Waals surface area contributed by atoms with Gasteiger partial charge in [-0.2, -0.15) is 0 Å². The molecule has 0 fully saturated rings. The van der Waals surface area contributed by atoms with E-state index < -0.39 is 0 Å². The van der Waals surface area contributed by atoms with Gasteiger partial charge in [-0.15, -0.1) is 0 Å². The lowest BCUT2D eigenvalue weighted by molar-refractivity contribution is -0.115. The summed E-state index contributed by atoms with van der Waals surface area (Å²) in [6.07, 6.45) is 0. The first kappa shape index (κ1) is 20.0. The quantitative estimate of drug-likeness (QED) is 0.503. The molecular formula is C24H19ClN2O3. The third-order valence-electron chi connectivity index (χ3n) is 5.17. The Morgan fingerprint density at radius 3 is 2.20 bits per heavy atom. The molecule has 6 heteroatoms. The zero-order valence-corrected chi connectivity index (χ0v) is 17.0. The molecule has 3 aromatic rings. The van der Waals surface area contributed by atoms with E-state index in [-0.39, 0.29) is 35.6 Å². The molecule has 5 nitrogen and oxygen atoms in total. The van der Waals surface area contributed by atoms with Gasteiger partial charge in [-0.1, -0.05) is 60.1 Å². The summed E-state index contributed by atoms with van der Waals surface area (Å²) in [5, 5.41) is 6.57. The summed E-state index contributed by atoms with van der Waals surface area (Å²) in [7, 11) is 0. The van der Waals surface area contributed by atoms with Gasteiger partial charge in [0.2, 0.25) is 5.91 Å². The minimum Gasteiger partial charge on any atom is -0.324 e. The molecular weight excluding hydrogens is 400 g/mol. The summed E-state index contributed by atoms with van der Waals surface area (Å²) in [4.78, 5) is 38.3. The maximum atomic E-state index is 13.0. The second-order valence-corrected chi connectivity index (χ2v) is 7.57. The van der Waals surface area contributed by atoms with Crippen molar-refractivity contribution in [2.24, 2.45) is 0 Å². The van der Waals surface area contributed by atoms with Crippen molar-refractivity contribution in [3.63, 3.8) is 0 Å². The van der Waals surface area contributed by atoms with Crippen LogP contribution in [0.25, 0.3) is 0 Å². The third kappa shape index (κ3) is 3.77. The first-order valence-electron chi connectivity index (χ1n) is 9.56. The van der Waals surface area contributed by atoms with Crippen molar-refractivity contribution in [3.8, 4) is 0 Å². The lowest BCUT2D eigenvalue weighted by atomic mass is 9.83. The van der Waals surface area contributed by atoms with E-state index in [0.717, 1.165) is 5.56 Å². The Labute approximate surface area is 179 Å². The normalized spacial score (nSPS) is 13.4. The number of nitrogens with one attached hydrogen (secondary N) is 2. The highest BCUT2D eigenvalue weighted by Gasteiger charge is 2.31. The maximum Gasteiger partial charge on any atom is 0.238 e. The molecule has 150 valence electrons. The highest BCUT2D eigenvalue weighted by molar-refractivity contribution is 6.31. The van der Waals surface area contributed by atoms with E-state index in [4.69, 9.17) is 11.6 Å². The fourth-order valence-corrected chi connectivity index (χ4v) is 3.68. The van der Waals surface area contributed by atoms with E-state index in [1.165, 1.54) is 0 Å². The van der Waals surface area contributed by atoms with Crippen LogP contribution < -0.4 is 10.6 Å². The van der Waals surface area contributed by atoms with Crippen LogP contribution in [0.4, 0.5) is 5.69 Å². The van der Waals surface area contributed by atoms with E-state index in [9.17, 15) is 14.4 Å². The number of fused-ring (bicyclic) bond motifs is 2. The van der Waals surface area contributed by atoms with Crippen molar-refractivity contribution in [1.29, 1.82) is 0 Å². The number of halogens is 1. The first-order chi connectivity index (χ1) is 14.5. The topological polar surface area (TPSA) is 75.3 Å². The number of amides is 1. The monoisotopic (exact) mass is 418 g/mol. The fraction of sp³-hybridized carbons (Fsp3) is 0.125. The van der Waals surface area contributed by atoms with Crippen LogP contribution in [-0.2, 0) is 4.79 Å². The van der Waals surface area contributed by atoms with Gasteiger partial charge in [0.25, 0.3) is 0 Å². The molecule has 0 saturated carbocycles. The van der Waals surface area contributed by atoms with Crippen LogP contribution in [-0.4, -0.2) is 24.0 Å². The van der Waals surface area contributed by atoms with Crippen LogP contribution in [0.2, 0.25) is 5.02 Å². The highest BCUT2D eigenvalue weighted by atomic mass is 35.5. The van der Waals surface area contributed by atoms with Crippen molar-refractivity contribution in [3.05, 3.63) is 99.6 Å². The number of carbonyl (C=O) groups excluding carboxylic acids is 3. The Hall–Kier alpha value is -3.28. The Morgan fingerprint density at radius 2 is 1.50 bits per heavy atom. The summed E-state index contributed by atoms with van der Waals surface area (Å²) < 4.78 is 0. The average molecular weight is 419 g/mol. The van der Waals surface area contributed by atoms with Crippen LogP contribution in [0, 0.1) is 0 Å². The van der Waals surface area contributed by atoms with Crippen LogP contribution in [0.3, 0.4) is 0 Å². The van der Waals surface area contributed by atoms with Gasteiger partial charge in [0.15, 0.2) is 11.6 Å². The highest BCUT2D eigenvalue weighted by Crippen LogP contribution is 2.31. The predicted octanol–water partition coefficient (Wildman–Crippen LogP) is 4.40. The lowest BCUT2D eigenvalue weighted by Crippen LogP contribution is -2.31. The van der Waals surface area contributed by atoms with Gasteiger partial charge in [0.05, 0.1) is 17.8 Å². The zero-order valence-electron chi connectivity index (χ0n) is 16.2. The van der Waals surface area contributed by atoms with E-state index in [1.54, 1.807) is 54.6 Å². The van der Waals surface area contributed by atoms with Gasteiger partial charge < -0.3 is 10.6 Å². The molecule has 0 saturated heterocycles. The third-order valence-corrected chi connectivity index (χ3v) is 5.42. The van der Waals surface area contributed by atoms with Crippen molar-refractivity contribution in [2.45, 2.75) is 13.0 Å². The van der Waals surface area contributed by atoms with Crippen molar-refractivity contribution >= 4 is 34.8 Å². The van der Waals surface area contributed by atoms with E-state index in [1.807, 2.05) is 19.1 Å². The van der Waals surface area contributed by atoms with Crippen LogP contribution in [0.5, 0.6) is 0 Å². The summed E-state index contributed by atoms with van der Waals surface area (Å²) in [6.45, 7) is 1.99. The summed E-state index contributed by atoms with van der Waals surface area (Å²) in [5.74, 6) is -0.785. The number of hydrogen-bond acceptors (Lipinski definition) is 4. The van der Waals surface area contributed by atoms with Gasteiger partial charge in [-0.05, 0) is 30.7 Å². The smallest absolute Gasteiger partial charge is 0.238 e. The number of hydrogen-bond donors (Lipinski definition) is 2. The Bertz CT molecular complexity index is 1160. The molecule has 0 aromatic heterocycles. The molecule has 30 heavy (non-hydrogen) atoms. The van der Waals surface area contributed by atoms with Gasteiger partial charge in [-0.3, -0.25) is 14.4 Å². The molecule has 3 aromatic carbocycles. The molecule has 4 rings (SSSR count). The number of benzene rings is 3. The SMILES string of the molecule is C[C@@H](NCC(=O)Nc1cccc2c1C(=O)c1ccccc1C2=O)c1ccc(Cl)cc1. The molecule has 0 spiro atoms. The average Bonchev–Trinajstić information content (AvgIpc) is 2.76. The molecule has 1 aliphatic carbocycles. The Kier molecular flexibility index (Phi) is 5.48. The lowest BCUT2D eigenvalue weighted by Gasteiger charge is -2.20. The summed E-state index contributed by atoms with van der Waals surface area (Å²) >= 11 is 5.91. The molecule has 0 heterocycles. The van der Waals surface area contributed by atoms with E-state index >= 15 is 0 Å². The molecule has 0 aliphatic heterocycles. The second-order valence-electron chi connectivity index (χ2n) is 7.13. The Morgan fingerprint density at radius 1 is 0.867 bits per heavy atom. The van der Waals surface area contributed by atoms with Crippen LogP contribution in [0.1, 0.15) is 50.4 Å². The second kappa shape index (κ2) is 8.22. The molecule has 0 unspecified atom stereocenters.